The highest BCUT2D eigenvalue weighted by molar-refractivity contribution is 6.31. The minimum Gasteiger partial charge on any atom is -0.497 e. The molecule has 3 aromatic rings. The lowest BCUT2D eigenvalue weighted by Gasteiger charge is -2.32. The molecule has 0 aromatic heterocycles. The molecule has 0 aliphatic carbocycles. The third-order valence-corrected chi connectivity index (χ3v) is 6.52. The molecule has 0 spiro atoms. The van der Waals surface area contributed by atoms with E-state index in [1.54, 1.807) is 12.0 Å². The van der Waals surface area contributed by atoms with Crippen LogP contribution >= 0.6 is 11.6 Å². The zero-order valence-corrected chi connectivity index (χ0v) is 21.8. The number of hydrogen-bond acceptors (Lipinski definition) is 3. The summed E-state index contributed by atoms with van der Waals surface area (Å²) < 4.78 is 5.39. The molecule has 1 N–H and O–H groups in total. The van der Waals surface area contributed by atoms with Gasteiger partial charge >= 0.3 is 0 Å². The van der Waals surface area contributed by atoms with Crippen LogP contribution in [-0.4, -0.2) is 36.4 Å². The first-order valence-electron chi connectivity index (χ1n) is 12.5. The summed E-state index contributed by atoms with van der Waals surface area (Å²) >= 11 is 6.34. The number of unbranched alkanes of at least 4 members (excludes halogenated alkanes) is 1. The number of carbonyl (C=O) groups is 2. The van der Waals surface area contributed by atoms with Crippen LogP contribution in [0.15, 0.2) is 78.9 Å². The van der Waals surface area contributed by atoms with E-state index < -0.39 is 6.04 Å². The van der Waals surface area contributed by atoms with Gasteiger partial charge in [-0.1, -0.05) is 85.6 Å². The van der Waals surface area contributed by atoms with E-state index >= 15 is 0 Å². The van der Waals surface area contributed by atoms with Gasteiger partial charge in [0.05, 0.1) is 7.11 Å². The van der Waals surface area contributed by atoms with Crippen LogP contribution in [0.5, 0.6) is 5.75 Å². The summed E-state index contributed by atoms with van der Waals surface area (Å²) in [5.74, 6) is 0.480. The number of hydrogen-bond donors (Lipinski definition) is 1. The quantitative estimate of drug-likeness (QED) is 0.296. The van der Waals surface area contributed by atoms with E-state index in [9.17, 15) is 9.59 Å². The first-order valence-corrected chi connectivity index (χ1v) is 12.9. The molecule has 0 heterocycles. The molecule has 0 unspecified atom stereocenters. The molecule has 0 bridgehead atoms. The third kappa shape index (κ3) is 8.13. The molecule has 0 saturated carbocycles. The van der Waals surface area contributed by atoms with Crippen LogP contribution in [0, 0.1) is 0 Å². The van der Waals surface area contributed by atoms with Crippen molar-refractivity contribution < 1.29 is 14.3 Å². The Kier molecular flexibility index (Phi) is 10.8. The number of benzene rings is 3. The van der Waals surface area contributed by atoms with Crippen molar-refractivity contribution in [3.05, 3.63) is 101 Å². The Morgan fingerprint density at radius 3 is 2.42 bits per heavy atom. The minimum absolute atomic E-state index is 0.0932. The summed E-state index contributed by atoms with van der Waals surface area (Å²) in [5.41, 5.74) is 2.82. The molecular weight excluding hydrogens is 472 g/mol. The van der Waals surface area contributed by atoms with Crippen LogP contribution in [0.3, 0.4) is 0 Å². The average Bonchev–Trinajstić information content (AvgIpc) is 2.90. The number of aryl methyl sites for hydroxylation is 1. The Morgan fingerprint density at radius 1 is 0.972 bits per heavy atom. The van der Waals surface area contributed by atoms with Crippen molar-refractivity contribution in [1.82, 2.24) is 10.2 Å². The van der Waals surface area contributed by atoms with Crippen LogP contribution in [0.4, 0.5) is 0 Å². The van der Waals surface area contributed by atoms with Crippen LogP contribution in [0.25, 0.3) is 0 Å². The van der Waals surface area contributed by atoms with Gasteiger partial charge in [-0.2, -0.15) is 0 Å². The zero-order chi connectivity index (χ0) is 25.8. The summed E-state index contributed by atoms with van der Waals surface area (Å²) in [5, 5.41) is 3.69. The van der Waals surface area contributed by atoms with Gasteiger partial charge in [0.15, 0.2) is 0 Å². The van der Waals surface area contributed by atoms with Gasteiger partial charge in [0, 0.05) is 31.0 Å². The Hall–Kier alpha value is -3.31. The fraction of sp³-hybridized carbons (Fsp3) is 0.333. The van der Waals surface area contributed by atoms with Gasteiger partial charge < -0.3 is 15.0 Å². The van der Waals surface area contributed by atoms with Gasteiger partial charge in [-0.05, 0) is 47.7 Å². The van der Waals surface area contributed by atoms with Crippen molar-refractivity contribution in [1.29, 1.82) is 0 Å². The van der Waals surface area contributed by atoms with Crippen molar-refractivity contribution in [2.75, 3.05) is 13.7 Å². The zero-order valence-electron chi connectivity index (χ0n) is 21.1. The summed E-state index contributed by atoms with van der Waals surface area (Å²) in [6.45, 7) is 2.97. The second kappa shape index (κ2) is 14.3. The summed E-state index contributed by atoms with van der Waals surface area (Å²) in [6.07, 6.45) is 3.05. The van der Waals surface area contributed by atoms with Gasteiger partial charge in [-0.25, -0.2) is 0 Å². The fourth-order valence-corrected chi connectivity index (χ4v) is 4.34. The standard InChI is InChI=1S/C30H35ClN2O3/c1-3-4-19-32-30(35)28(21-23-11-6-5-7-12-23)33(22-24-13-10-15-26(20-24)36-2)29(34)18-17-25-14-8-9-16-27(25)31/h5-16,20,28H,3-4,17-19,21-22H2,1-2H3,(H,32,35)/t28-/m1/s1. The third-order valence-electron chi connectivity index (χ3n) is 6.15. The van der Waals surface area contributed by atoms with Crippen molar-refractivity contribution >= 4 is 23.4 Å². The molecule has 3 aromatic carbocycles. The second-order valence-corrected chi connectivity index (χ2v) is 9.22. The van der Waals surface area contributed by atoms with Crippen LogP contribution < -0.4 is 10.1 Å². The monoisotopic (exact) mass is 506 g/mol. The number of carbonyl (C=O) groups excluding carboxylic acids is 2. The van der Waals surface area contributed by atoms with E-state index in [4.69, 9.17) is 16.3 Å². The highest BCUT2D eigenvalue weighted by atomic mass is 35.5. The molecule has 3 rings (SSSR count). The molecule has 0 saturated heterocycles. The Labute approximate surface area is 219 Å². The SMILES string of the molecule is CCCCNC(=O)[C@@H](Cc1ccccc1)N(Cc1cccc(OC)c1)C(=O)CCc1ccccc1Cl. The number of ether oxygens (including phenoxy) is 1. The van der Waals surface area contributed by atoms with Crippen molar-refractivity contribution in [3.63, 3.8) is 0 Å². The highest BCUT2D eigenvalue weighted by Crippen LogP contribution is 2.21. The Balaban J connectivity index is 1.91. The normalized spacial score (nSPS) is 11.5. The Bertz CT molecular complexity index is 1120. The molecule has 5 nitrogen and oxygen atoms in total. The largest absolute Gasteiger partial charge is 0.497 e. The first kappa shape index (κ1) is 27.3. The lowest BCUT2D eigenvalue weighted by atomic mass is 10.0. The van der Waals surface area contributed by atoms with Gasteiger partial charge in [0.2, 0.25) is 11.8 Å². The average molecular weight is 507 g/mol. The number of nitrogens with zero attached hydrogens (tertiary/aromatic N) is 1. The molecule has 0 aliphatic rings. The van der Waals surface area contributed by atoms with Crippen LogP contribution in [0.2, 0.25) is 5.02 Å². The summed E-state index contributed by atoms with van der Waals surface area (Å²) in [4.78, 5) is 28.9. The van der Waals surface area contributed by atoms with E-state index in [-0.39, 0.29) is 18.2 Å². The Morgan fingerprint density at radius 2 is 1.69 bits per heavy atom. The van der Waals surface area contributed by atoms with Crippen molar-refractivity contribution in [2.24, 2.45) is 0 Å². The van der Waals surface area contributed by atoms with E-state index in [0.717, 1.165) is 29.5 Å². The van der Waals surface area contributed by atoms with E-state index in [1.807, 2.05) is 78.9 Å². The smallest absolute Gasteiger partial charge is 0.243 e. The lowest BCUT2D eigenvalue weighted by Crippen LogP contribution is -2.50. The number of nitrogens with one attached hydrogen (secondary N) is 1. The maximum Gasteiger partial charge on any atom is 0.243 e. The topological polar surface area (TPSA) is 58.6 Å². The number of amides is 2. The molecule has 6 heteroatoms. The van der Waals surface area contributed by atoms with E-state index in [2.05, 4.69) is 12.2 Å². The highest BCUT2D eigenvalue weighted by Gasteiger charge is 2.30. The molecule has 36 heavy (non-hydrogen) atoms. The summed E-state index contributed by atoms with van der Waals surface area (Å²) in [7, 11) is 1.62. The molecule has 190 valence electrons. The van der Waals surface area contributed by atoms with Gasteiger partial charge in [0.25, 0.3) is 0 Å². The number of methoxy groups -OCH3 is 1. The van der Waals surface area contributed by atoms with Gasteiger partial charge in [-0.15, -0.1) is 0 Å². The van der Waals surface area contributed by atoms with Crippen LogP contribution in [-0.2, 0) is 29.0 Å². The van der Waals surface area contributed by atoms with E-state index in [1.165, 1.54) is 0 Å². The second-order valence-electron chi connectivity index (χ2n) is 8.81. The maximum atomic E-state index is 13.7. The molecule has 1 atom stereocenters. The maximum absolute atomic E-state index is 13.7. The fourth-order valence-electron chi connectivity index (χ4n) is 4.11. The van der Waals surface area contributed by atoms with Gasteiger partial charge in [-0.3, -0.25) is 9.59 Å². The predicted octanol–water partition coefficient (Wildman–Crippen LogP) is 5.84. The van der Waals surface area contributed by atoms with E-state index in [0.29, 0.717) is 36.7 Å². The molecule has 2 amide bonds. The number of halogens is 1. The minimum atomic E-state index is -0.644. The lowest BCUT2D eigenvalue weighted by molar-refractivity contribution is -0.141. The number of rotatable bonds is 13. The molecule has 0 radical (unpaired) electrons. The predicted molar refractivity (Wildman–Crippen MR) is 145 cm³/mol. The first-order chi connectivity index (χ1) is 17.5. The molecule has 0 fully saturated rings. The molecular formula is C30H35ClN2O3. The summed E-state index contributed by atoms with van der Waals surface area (Å²) in [6, 6.07) is 24.4. The molecule has 0 aliphatic heterocycles. The van der Waals surface area contributed by atoms with Crippen molar-refractivity contribution in [2.45, 2.75) is 51.6 Å². The van der Waals surface area contributed by atoms with Gasteiger partial charge in [0.1, 0.15) is 11.8 Å². The van der Waals surface area contributed by atoms with Crippen molar-refractivity contribution in [3.8, 4) is 5.75 Å². The van der Waals surface area contributed by atoms with Crippen LogP contribution in [0.1, 0.15) is 42.9 Å².